The third-order valence-electron chi connectivity index (χ3n) is 8.31. The minimum Gasteiger partial charge on any atom is -0.480 e. The molecule has 0 saturated carbocycles. The molecule has 0 aromatic rings. The molecule has 310 valence electrons. The number of hydrogen-bond acceptors (Lipinski definition) is 9. The lowest BCUT2D eigenvalue weighted by molar-refractivity contribution is -0.161. The van der Waals surface area contributed by atoms with Crippen LogP contribution in [0.2, 0.25) is 0 Å². The molecule has 0 aliphatic rings. The molecule has 0 aromatic carbocycles. The Morgan fingerprint density at radius 1 is 0.611 bits per heavy atom. The molecule has 0 amide bonds. The highest BCUT2D eigenvalue weighted by atomic mass is 31.2. The summed E-state index contributed by atoms with van der Waals surface area (Å²) >= 11 is 0. The molecule has 0 saturated heterocycles. The number of aliphatic carboxylic acids is 1. The lowest BCUT2D eigenvalue weighted by Crippen LogP contribution is -2.34. The second-order valence-electron chi connectivity index (χ2n) is 13.4. The molecule has 0 heterocycles. The van der Waals surface area contributed by atoms with E-state index in [-0.39, 0.29) is 19.4 Å². The van der Waals surface area contributed by atoms with Gasteiger partial charge in [0.05, 0.1) is 13.2 Å². The highest BCUT2D eigenvalue weighted by Crippen LogP contribution is 2.43. The lowest BCUT2D eigenvalue weighted by atomic mass is 10.1. The van der Waals surface area contributed by atoms with Crippen molar-refractivity contribution in [2.75, 3.05) is 19.8 Å². The molecule has 0 rings (SSSR count). The van der Waals surface area contributed by atoms with Crippen LogP contribution < -0.4 is 5.73 Å². The minimum absolute atomic E-state index is 0.134. The summed E-state index contributed by atoms with van der Waals surface area (Å²) in [6.45, 7) is 2.59. The molecular formula is C42H72NO10P. The number of carboxylic acids is 1. The smallest absolute Gasteiger partial charge is 0.472 e. The van der Waals surface area contributed by atoms with Crippen LogP contribution in [0.15, 0.2) is 60.8 Å². The van der Waals surface area contributed by atoms with Gasteiger partial charge in [0.15, 0.2) is 6.10 Å². The normalized spacial score (nSPS) is 14.4. The van der Waals surface area contributed by atoms with Gasteiger partial charge in [0, 0.05) is 12.8 Å². The van der Waals surface area contributed by atoms with Crippen LogP contribution >= 0.6 is 7.82 Å². The zero-order valence-corrected chi connectivity index (χ0v) is 34.2. The van der Waals surface area contributed by atoms with Crippen LogP contribution in [0.3, 0.4) is 0 Å². The molecule has 54 heavy (non-hydrogen) atoms. The van der Waals surface area contributed by atoms with Gasteiger partial charge in [0.1, 0.15) is 12.6 Å². The quantitative estimate of drug-likeness (QED) is 0.0180. The fourth-order valence-corrected chi connectivity index (χ4v) is 5.87. The number of phosphoric acid groups is 1. The zero-order chi connectivity index (χ0) is 40.0. The first-order valence-electron chi connectivity index (χ1n) is 20.3. The summed E-state index contributed by atoms with van der Waals surface area (Å²) in [6.07, 6.45) is 41.4. The second-order valence-corrected chi connectivity index (χ2v) is 14.9. The molecule has 11 nitrogen and oxygen atoms in total. The van der Waals surface area contributed by atoms with Crippen molar-refractivity contribution >= 4 is 25.7 Å². The predicted octanol–water partition coefficient (Wildman–Crippen LogP) is 10.4. The number of rotatable bonds is 37. The van der Waals surface area contributed by atoms with Crippen LogP contribution in [-0.4, -0.2) is 59.9 Å². The number of phosphoric ester groups is 1. The number of ether oxygens (including phenoxy) is 2. The maximum Gasteiger partial charge on any atom is 0.472 e. The Balaban J connectivity index is 4.43. The van der Waals surface area contributed by atoms with Gasteiger partial charge in [-0.3, -0.25) is 23.4 Å². The molecule has 4 N–H and O–H groups in total. The highest BCUT2D eigenvalue weighted by molar-refractivity contribution is 7.47. The Kier molecular flexibility index (Phi) is 35.2. The largest absolute Gasteiger partial charge is 0.480 e. The molecule has 0 radical (unpaired) electrons. The number of carbonyl (C=O) groups is 3. The van der Waals surface area contributed by atoms with E-state index in [9.17, 15) is 23.8 Å². The van der Waals surface area contributed by atoms with Gasteiger partial charge >= 0.3 is 25.7 Å². The van der Waals surface area contributed by atoms with E-state index >= 15 is 0 Å². The van der Waals surface area contributed by atoms with E-state index in [0.29, 0.717) is 12.8 Å². The molecule has 0 fully saturated rings. The second kappa shape index (κ2) is 37.1. The van der Waals surface area contributed by atoms with Crippen molar-refractivity contribution in [3.8, 4) is 0 Å². The Bertz CT molecular complexity index is 1150. The van der Waals surface area contributed by atoms with E-state index < -0.39 is 51.1 Å². The Hall–Kier alpha value is -2.82. The van der Waals surface area contributed by atoms with Gasteiger partial charge in [-0.25, -0.2) is 4.57 Å². The van der Waals surface area contributed by atoms with Crippen LogP contribution in [0.4, 0.5) is 0 Å². The molecule has 0 spiro atoms. The summed E-state index contributed by atoms with van der Waals surface area (Å²) in [5.74, 6) is -2.42. The molecule has 0 aliphatic heterocycles. The van der Waals surface area contributed by atoms with Crippen molar-refractivity contribution in [3.63, 3.8) is 0 Å². The zero-order valence-electron chi connectivity index (χ0n) is 33.3. The minimum atomic E-state index is -4.72. The van der Waals surface area contributed by atoms with Gasteiger partial charge in [0.2, 0.25) is 0 Å². The molecule has 2 unspecified atom stereocenters. The van der Waals surface area contributed by atoms with Crippen LogP contribution in [0.1, 0.15) is 155 Å². The number of hydrogen-bond donors (Lipinski definition) is 3. The van der Waals surface area contributed by atoms with Gasteiger partial charge in [-0.05, 0) is 64.2 Å². The first-order valence-corrected chi connectivity index (χ1v) is 21.8. The van der Waals surface area contributed by atoms with Gasteiger partial charge in [-0.15, -0.1) is 0 Å². The monoisotopic (exact) mass is 781 g/mol. The predicted molar refractivity (Wildman–Crippen MR) is 217 cm³/mol. The summed E-state index contributed by atoms with van der Waals surface area (Å²) in [4.78, 5) is 45.8. The first-order chi connectivity index (χ1) is 26.1. The maximum atomic E-state index is 12.6. The maximum absolute atomic E-state index is 12.6. The number of nitrogens with two attached hydrogens (primary N) is 1. The van der Waals surface area contributed by atoms with Gasteiger partial charge in [-0.2, -0.15) is 0 Å². The average molecular weight is 782 g/mol. The molecule has 0 aliphatic carbocycles. The van der Waals surface area contributed by atoms with E-state index in [4.69, 9.17) is 24.8 Å². The third kappa shape index (κ3) is 36.2. The van der Waals surface area contributed by atoms with Crippen molar-refractivity contribution < 1.29 is 47.5 Å². The van der Waals surface area contributed by atoms with Crippen LogP contribution in [0.25, 0.3) is 0 Å². The SMILES string of the molecule is CC/C=C/C=C/C=C/CCCCCCCC(=O)OC(COC(=O)CCCCCCCCC/C=C/C/C=C/CCCCC)COP(=O)(O)OC[C@H](N)C(=O)O. The fraction of sp³-hybridized carbons (Fsp3) is 0.690. The van der Waals surface area contributed by atoms with E-state index in [2.05, 4.69) is 54.8 Å². The Morgan fingerprint density at radius 3 is 1.69 bits per heavy atom. The fourth-order valence-electron chi connectivity index (χ4n) is 5.09. The van der Waals surface area contributed by atoms with Gasteiger partial charge < -0.3 is 25.2 Å². The first kappa shape index (κ1) is 51.2. The van der Waals surface area contributed by atoms with E-state index in [1.54, 1.807) is 0 Å². The van der Waals surface area contributed by atoms with Gasteiger partial charge in [0.25, 0.3) is 0 Å². The van der Waals surface area contributed by atoms with Crippen molar-refractivity contribution in [2.45, 2.75) is 167 Å². The van der Waals surface area contributed by atoms with E-state index in [1.807, 2.05) is 24.3 Å². The van der Waals surface area contributed by atoms with Crippen molar-refractivity contribution in [1.82, 2.24) is 0 Å². The van der Waals surface area contributed by atoms with E-state index in [1.165, 1.54) is 38.5 Å². The molecule has 12 heteroatoms. The van der Waals surface area contributed by atoms with Crippen molar-refractivity contribution in [3.05, 3.63) is 60.8 Å². The van der Waals surface area contributed by atoms with E-state index in [0.717, 1.165) is 77.0 Å². The molecular weight excluding hydrogens is 709 g/mol. The summed E-state index contributed by atoms with van der Waals surface area (Å²) < 4.78 is 32.6. The Morgan fingerprint density at radius 2 is 1.11 bits per heavy atom. The summed E-state index contributed by atoms with van der Waals surface area (Å²) in [5, 5.41) is 8.87. The number of esters is 2. The summed E-state index contributed by atoms with van der Waals surface area (Å²) in [5.41, 5.74) is 5.32. The summed E-state index contributed by atoms with van der Waals surface area (Å²) in [7, 11) is -4.72. The standard InChI is InChI=1S/C42H72NO10P/c1-3-5-7-9-11-13-15-17-18-19-20-22-23-25-27-29-31-33-40(44)50-35-38(36-51-54(48,49)52-37-39(43)42(46)47)53-41(45)34-32-30-28-26-24-21-16-14-12-10-8-6-4-2/h6,8,10-14,16-18,38-39H,3-5,7,9,15,19-37,43H2,1-2H3,(H,46,47)(H,48,49)/b8-6+,12-10+,13-11+,16-14+,18-17+/t38?,39-/m0/s1. The van der Waals surface area contributed by atoms with Crippen LogP contribution in [-0.2, 0) is 37.5 Å². The number of allylic oxidation sites excluding steroid dienone is 10. The summed E-state index contributed by atoms with van der Waals surface area (Å²) in [6, 6.07) is -1.53. The van der Waals surface area contributed by atoms with Gasteiger partial charge in [-0.1, -0.05) is 139 Å². The van der Waals surface area contributed by atoms with Crippen LogP contribution in [0, 0.1) is 0 Å². The topological polar surface area (TPSA) is 172 Å². The van der Waals surface area contributed by atoms with Crippen molar-refractivity contribution in [1.29, 1.82) is 0 Å². The highest BCUT2D eigenvalue weighted by Gasteiger charge is 2.28. The van der Waals surface area contributed by atoms with Crippen molar-refractivity contribution in [2.24, 2.45) is 5.73 Å². The average Bonchev–Trinajstić information content (AvgIpc) is 3.14. The van der Waals surface area contributed by atoms with Crippen LogP contribution in [0.5, 0.6) is 0 Å². The third-order valence-corrected chi connectivity index (χ3v) is 9.26. The molecule has 3 atom stereocenters. The lowest BCUT2D eigenvalue weighted by Gasteiger charge is -2.20. The Labute approximate surface area is 326 Å². The molecule has 0 aromatic heterocycles. The number of carbonyl (C=O) groups excluding carboxylic acids is 2. The number of carboxylic acid groups (broad SMARTS) is 1. The molecule has 0 bridgehead atoms. The number of unbranched alkanes of at least 4 members (excludes halogenated alkanes) is 15.